The number of hydrogen-bond acceptors (Lipinski definition) is 5. The predicted molar refractivity (Wildman–Crippen MR) is 129 cm³/mol. The summed E-state index contributed by atoms with van der Waals surface area (Å²) in [6.45, 7) is 5.15. The van der Waals surface area contributed by atoms with E-state index in [-0.39, 0.29) is 11.7 Å². The Hall–Kier alpha value is -3.32. The number of ether oxygens (including phenoxy) is 1. The Kier molecular flexibility index (Phi) is 7.07. The molecule has 7 heteroatoms. The number of fused-ring (bicyclic) bond motifs is 1. The number of benzene rings is 3. The number of aromatic nitrogens is 3. The minimum absolute atomic E-state index is 0.0709. The van der Waals surface area contributed by atoms with Gasteiger partial charge in [0.05, 0.1) is 5.75 Å². The highest BCUT2D eigenvalue weighted by molar-refractivity contribution is 7.99. The number of nitrogens with zero attached hydrogens (tertiary/aromatic N) is 3. The van der Waals surface area contributed by atoms with Gasteiger partial charge in [0.2, 0.25) is 5.91 Å². The molecular formula is C25H26N4O2S. The summed E-state index contributed by atoms with van der Waals surface area (Å²) < 4.78 is 8.06. The summed E-state index contributed by atoms with van der Waals surface area (Å²) in [5.74, 6) is 1.74. The summed E-state index contributed by atoms with van der Waals surface area (Å²) in [5.41, 5.74) is 2.04. The Labute approximate surface area is 192 Å². The van der Waals surface area contributed by atoms with Crippen LogP contribution in [0.4, 0.5) is 5.69 Å². The van der Waals surface area contributed by atoms with Crippen molar-refractivity contribution in [2.24, 2.45) is 0 Å². The molecule has 1 N–H and O–H groups in total. The van der Waals surface area contributed by atoms with Gasteiger partial charge in [-0.1, -0.05) is 67.2 Å². The molecular weight excluding hydrogens is 420 g/mol. The fraction of sp³-hybridized carbons (Fsp3) is 0.240. The molecule has 0 unspecified atom stereocenters. The summed E-state index contributed by atoms with van der Waals surface area (Å²) in [7, 11) is 0. The van der Waals surface area contributed by atoms with E-state index in [9.17, 15) is 4.79 Å². The van der Waals surface area contributed by atoms with Crippen LogP contribution in [0.25, 0.3) is 10.8 Å². The number of carbonyl (C=O) groups excluding carboxylic acids is 1. The minimum Gasteiger partial charge on any atom is -0.485 e. The lowest BCUT2D eigenvalue weighted by atomic mass is 10.1. The number of nitrogens with one attached hydrogen (secondary N) is 1. The van der Waals surface area contributed by atoms with Gasteiger partial charge < -0.3 is 14.6 Å². The average molecular weight is 447 g/mol. The molecule has 0 aliphatic heterocycles. The third-order valence-corrected chi connectivity index (χ3v) is 6.16. The van der Waals surface area contributed by atoms with E-state index in [2.05, 4.69) is 34.6 Å². The first kappa shape index (κ1) is 21.9. The molecule has 0 bridgehead atoms. The zero-order valence-electron chi connectivity index (χ0n) is 18.2. The van der Waals surface area contributed by atoms with Crippen molar-refractivity contribution in [1.29, 1.82) is 0 Å². The molecule has 6 nitrogen and oxygen atoms in total. The van der Waals surface area contributed by atoms with Crippen molar-refractivity contribution < 1.29 is 9.53 Å². The van der Waals surface area contributed by atoms with Crippen LogP contribution in [0.2, 0.25) is 0 Å². The van der Waals surface area contributed by atoms with E-state index in [1.807, 2.05) is 66.1 Å². The molecule has 1 amide bonds. The van der Waals surface area contributed by atoms with E-state index in [1.165, 1.54) is 17.3 Å². The zero-order chi connectivity index (χ0) is 22.3. The van der Waals surface area contributed by atoms with Gasteiger partial charge in [0.15, 0.2) is 11.0 Å². The van der Waals surface area contributed by atoms with Crippen molar-refractivity contribution in [3.63, 3.8) is 0 Å². The topological polar surface area (TPSA) is 69.0 Å². The van der Waals surface area contributed by atoms with Crippen LogP contribution in [0.15, 0.2) is 71.9 Å². The van der Waals surface area contributed by atoms with Crippen LogP contribution in [0.1, 0.15) is 25.2 Å². The van der Waals surface area contributed by atoms with Crippen molar-refractivity contribution in [3.8, 4) is 5.75 Å². The van der Waals surface area contributed by atoms with Crippen LogP contribution >= 0.6 is 11.8 Å². The normalized spacial score (nSPS) is 10.9. The second kappa shape index (κ2) is 10.3. The maximum Gasteiger partial charge on any atom is 0.234 e. The molecule has 4 aromatic rings. The predicted octanol–water partition coefficient (Wildman–Crippen LogP) is 5.32. The SMILES string of the molecule is CCc1ccc(NC(=O)CSc2nnc(COc3cccc4ccccc34)n2CC)cc1. The maximum atomic E-state index is 12.4. The van der Waals surface area contributed by atoms with Crippen molar-refractivity contribution in [2.45, 2.75) is 38.6 Å². The highest BCUT2D eigenvalue weighted by Gasteiger charge is 2.14. The number of thioether (sulfide) groups is 1. The Balaban J connectivity index is 1.37. The van der Waals surface area contributed by atoms with Gasteiger partial charge in [0.1, 0.15) is 12.4 Å². The second-order valence-electron chi connectivity index (χ2n) is 7.30. The smallest absolute Gasteiger partial charge is 0.234 e. The molecule has 4 rings (SSSR count). The van der Waals surface area contributed by atoms with Crippen LogP contribution in [-0.4, -0.2) is 26.4 Å². The lowest BCUT2D eigenvalue weighted by Gasteiger charge is -2.11. The largest absolute Gasteiger partial charge is 0.485 e. The Bertz CT molecular complexity index is 1200. The molecule has 0 aliphatic carbocycles. The maximum absolute atomic E-state index is 12.4. The Morgan fingerprint density at radius 3 is 2.56 bits per heavy atom. The van der Waals surface area contributed by atoms with Gasteiger partial charge >= 0.3 is 0 Å². The first-order chi connectivity index (χ1) is 15.7. The zero-order valence-corrected chi connectivity index (χ0v) is 19.1. The van der Waals surface area contributed by atoms with Crippen LogP contribution in [-0.2, 0) is 24.4 Å². The molecule has 1 aromatic heterocycles. The van der Waals surface area contributed by atoms with Crippen molar-refractivity contribution in [3.05, 3.63) is 78.1 Å². The van der Waals surface area contributed by atoms with Gasteiger partial charge in [-0.2, -0.15) is 0 Å². The van der Waals surface area contributed by atoms with E-state index in [4.69, 9.17) is 4.74 Å². The monoisotopic (exact) mass is 446 g/mol. The van der Waals surface area contributed by atoms with Gasteiger partial charge in [-0.25, -0.2) is 0 Å². The molecule has 1 heterocycles. The molecule has 32 heavy (non-hydrogen) atoms. The number of amides is 1. The Morgan fingerprint density at radius 1 is 1.00 bits per heavy atom. The lowest BCUT2D eigenvalue weighted by molar-refractivity contribution is -0.113. The number of rotatable bonds is 9. The molecule has 0 aliphatic rings. The third-order valence-electron chi connectivity index (χ3n) is 5.19. The van der Waals surface area contributed by atoms with E-state index in [0.717, 1.165) is 34.5 Å². The van der Waals surface area contributed by atoms with E-state index < -0.39 is 0 Å². The van der Waals surface area contributed by atoms with Crippen molar-refractivity contribution in [2.75, 3.05) is 11.1 Å². The number of aryl methyl sites for hydroxylation is 1. The first-order valence-electron chi connectivity index (χ1n) is 10.7. The molecule has 3 aromatic carbocycles. The quantitative estimate of drug-likeness (QED) is 0.352. The highest BCUT2D eigenvalue weighted by atomic mass is 32.2. The average Bonchev–Trinajstić information content (AvgIpc) is 3.23. The molecule has 0 saturated heterocycles. The standard InChI is InChI=1S/C25H26N4O2S/c1-3-18-12-14-20(15-13-18)26-24(30)17-32-25-28-27-23(29(25)4-2)16-31-22-11-7-9-19-8-5-6-10-21(19)22/h5-15H,3-4,16-17H2,1-2H3,(H,26,30). The van der Waals surface area contributed by atoms with Gasteiger partial charge in [-0.3, -0.25) is 4.79 Å². The molecule has 0 saturated carbocycles. The van der Waals surface area contributed by atoms with Gasteiger partial charge in [-0.15, -0.1) is 10.2 Å². The van der Waals surface area contributed by atoms with E-state index in [1.54, 1.807) is 0 Å². The third kappa shape index (κ3) is 5.11. The molecule has 164 valence electrons. The van der Waals surface area contributed by atoms with Gasteiger partial charge in [-0.05, 0) is 42.5 Å². The summed E-state index contributed by atoms with van der Waals surface area (Å²) in [4.78, 5) is 12.4. The van der Waals surface area contributed by atoms with Crippen molar-refractivity contribution in [1.82, 2.24) is 14.8 Å². The summed E-state index contributed by atoms with van der Waals surface area (Å²) in [6, 6.07) is 22.0. The summed E-state index contributed by atoms with van der Waals surface area (Å²) >= 11 is 1.37. The van der Waals surface area contributed by atoms with E-state index in [0.29, 0.717) is 18.3 Å². The van der Waals surface area contributed by atoms with Gasteiger partial charge in [0, 0.05) is 17.6 Å². The number of hydrogen-bond donors (Lipinski definition) is 1. The van der Waals surface area contributed by atoms with Crippen LogP contribution < -0.4 is 10.1 Å². The minimum atomic E-state index is -0.0709. The molecule has 0 atom stereocenters. The second-order valence-corrected chi connectivity index (χ2v) is 8.24. The summed E-state index contributed by atoms with van der Waals surface area (Å²) in [5, 5.41) is 14.4. The molecule has 0 fully saturated rings. The molecule has 0 radical (unpaired) electrons. The highest BCUT2D eigenvalue weighted by Crippen LogP contribution is 2.26. The van der Waals surface area contributed by atoms with Crippen LogP contribution in [0.3, 0.4) is 0 Å². The summed E-state index contributed by atoms with van der Waals surface area (Å²) in [6.07, 6.45) is 0.975. The van der Waals surface area contributed by atoms with Crippen LogP contribution in [0.5, 0.6) is 5.75 Å². The van der Waals surface area contributed by atoms with E-state index >= 15 is 0 Å². The fourth-order valence-electron chi connectivity index (χ4n) is 3.47. The van der Waals surface area contributed by atoms with Gasteiger partial charge in [0.25, 0.3) is 0 Å². The number of anilines is 1. The Morgan fingerprint density at radius 2 is 1.78 bits per heavy atom. The fourth-order valence-corrected chi connectivity index (χ4v) is 4.29. The van der Waals surface area contributed by atoms with Crippen LogP contribution in [0, 0.1) is 0 Å². The lowest BCUT2D eigenvalue weighted by Crippen LogP contribution is -2.15. The van der Waals surface area contributed by atoms with Crippen molar-refractivity contribution >= 4 is 34.1 Å². The molecule has 0 spiro atoms. The first-order valence-corrected chi connectivity index (χ1v) is 11.7. The number of carbonyl (C=O) groups is 1.